The molecule has 1 saturated carbocycles. The summed E-state index contributed by atoms with van der Waals surface area (Å²) in [6.45, 7) is 2.75. The lowest BCUT2D eigenvalue weighted by Gasteiger charge is -2.16. The Morgan fingerprint density at radius 3 is 2.47 bits per heavy atom. The van der Waals surface area contributed by atoms with Gasteiger partial charge in [0.15, 0.2) is 0 Å². The number of anilines is 2. The zero-order valence-electron chi connectivity index (χ0n) is 18.9. The fraction of sp³-hybridized carbons (Fsp3) is 0.400. The van der Waals surface area contributed by atoms with Gasteiger partial charge in [0.2, 0.25) is 11.8 Å². The number of unbranched alkanes of at least 4 members (excludes halogenated alkanes) is 2. The lowest BCUT2D eigenvalue weighted by molar-refractivity contribution is -0.121. The molecule has 1 saturated heterocycles. The second kappa shape index (κ2) is 10.1. The minimum absolute atomic E-state index is 0.00993. The number of rotatable bonds is 9. The maximum Gasteiger partial charge on any atom is 0.247 e. The molecule has 0 unspecified atom stereocenters. The first-order valence-corrected chi connectivity index (χ1v) is 12.3. The topological polar surface area (TPSA) is 133 Å². The van der Waals surface area contributed by atoms with Crippen LogP contribution in [-0.2, 0) is 9.59 Å². The molecule has 34 heavy (non-hydrogen) atoms. The summed E-state index contributed by atoms with van der Waals surface area (Å²) in [7, 11) is 0. The summed E-state index contributed by atoms with van der Waals surface area (Å²) in [6.07, 6.45) is 4.94. The van der Waals surface area contributed by atoms with Crippen LogP contribution >= 0.6 is 11.8 Å². The van der Waals surface area contributed by atoms with Crippen LogP contribution in [0.2, 0.25) is 0 Å². The Kier molecular flexibility index (Phi) is 7.04. The third kappa shape index (κ3) is 4.71. The molecule has 2 aromatic rings. The fourth-order valence-electron chi connectivity index (χ4n) is 4.03. The van der Waals surface area contributed by atoms with E-state index >= 15 is 0 Å². The average Bonchev–Trinajstić information content (AvgIpc) is 3.63. The molecule has 2 N–H and O–H groups in total. The van der Waals surface area contributed by atoms with Gasteiger partial charge in [0, 0.05) is 6.42 Å². The summed E-state index contributed by atoms with van der Waals surface area (Å²) in [5.74, 6) is 0.159. The van der Waals surface area contributed by atoms with Crippen molar-refractivity contribution >= 4 is 35.1 Å². The summed E-state index contributed by atoms with van der Waals surface area (Å²) in [5.41, 5.74) is 7.61. The van der Waals surface area contributed by atoms with Crippen LogP contribution in [-0.4, -0.2) is 28.7 Å². The molecule has 2 fully saturated rings. The van der Waals surface area contributed by atoms with Crippen molar-refractivity contribution in [2.24, 2.45) is 0 Å². The molecule has 1 aliphatic heterocycles. The maximum atomic E-state index is 13.1. The average molecular weight is 476 g/mol. The van der Waals surface area contributed by atoms with E-state index in [1.807, 2.05) is 0 Å². The highest BCUT2D eigenvalue weighted by Gasteiger charge is 2.41. The highest BCUT2D eigenvalue weighted by Crippen LogP contribution is 2.47. The zero-order chi connectivity index (χ0) is 24.2. The number of imide groups is 1. The Morgan fingerprint density at radius 1 is 1.15 bits per heavy atom. The number of amides is 2. The molecular weight excluding hydrogens is 450 g/mol. The van der Waals surface area contributed by atoms with E-state index in [0.717, 1.165) is 43.9 Å². The van der Waals surface area contributed by atoms with Crippen LogP contribution in [0.15, 0.2) is 29.3 Å². The highest BCUT2D eigenvalue weighted by molar-refractivity contribution is 8.00. The number of nitrogens with two attached hydrogens (primary N) is 1. The molecule has 0 spiro atoms. The number of hydrogen-bond donors (Lipinski definition) is 1. The van der Waals surface area contributed by atoms with Crippen LogP contribution < -0.4 is 15.4 Å². The van der Waals surface area contributed by atoms with Gasteiger partial charge in [-0.2, -0.15) is 10.5 Å². The van der Waals surface area contributed by atoms with E-state index in [1.54, 1.807) is 24.3 Å². The fourth-order valence-corrected chi connectivity index (χ4v) is 5.15. The molecule has 1 aliphatic carbocycles. The summed E-state index contributed by atoms with van der Waals surface area (Å²) >= 11 is 1.06. The van der Waals surface area contributed by atoms with Crippen LogP contribution in [0, 0.1) is 22.7 Å². The van der Waals surface area contributed by atoms with Gasteiger partial charge in [-0.15, -0.1) is 0 Å². The molecule has 4 rings (SSSR count). The van der Waals surface area contributed by atoms with Crippen molar-refractivity contribution in [3.8, 4) is 17.9 Å². The molecular formula is C25H25N5O3S. The number of benzene rings is 1. The van der Waals surface area contributed by atoms with Crippen LogP contribution in [0.25, 0.3) is 0 Å². The highest BCUT2D eigenvalue weighted by atomic mass is 32.2. The normalized spacial score (nSPS) is 17.5. The monoisotopic (exact) mass is 475 g/mol. The maximum absolute atomic E-state index is 13.1. The number of pyridine rings is 1. The minimum Gasteiger partial charge on any atom is -0.494 e. The van der Waals surface area contributed by atoms with Crippen molar-refractivity contribution in [1.29, 1.82) is 10.5 Å². The first-order valence-electron chi connectivity index (χ1n) is 11.4. The van der Waals surface area contributed by atoms with E-state index in [0.29, 0.717) is 28.6 Å². The third-order valence-corrected chi connectivity index (χ3v) is 7.08. The van der Waals surface area contributed by atoms with Crippen molar-refractivity contribution in [3.63, 3.8) is 0 Å². The quantitative estimate of drug-likeness (QED) is 0.420. The molecule has 1 aromatic heterocycles. The molecule has 2 amide bonds. The van der Waals surface area contributed by atoms with Gasteiger partial charge >= 0.3 is 0 Å². The van der Waals surface area contributed by atoms with Crippen molar-refractivity contribution < 1.29 is 14.3 Å². The van der Waals surface area contributed by atoms with Gasteiger partial charge in [-0.25, -0.2) is 9.88 Å². The number of hydrogen-bond acceptors (Lipinski definition) is 8. The van der Waals surface area contributed by atoms with Gasteiger partial charge in [0.05, 0.1) is 28.7 Å². The number of thioether (sulfide) groups is 1. The van der Waals surface area contributed by atoms with Gasteiger partial charge in [-0.3, -0.25) is 9.59 Å². The van der Waals surface area contributed by atoms with Crippen molar-refractivity contribution in [1.82, 2.24) is 4.98 Å². The standard InChI is InChI=1S/C25H25N5O3S/c1-2-3-4-11-33-17-9-7-16(8-10-17)30-21(31)12-20(25(30)32)34-24-19(14-27)22(15-5-6-15)18(13-26)23(28)29-24/h7-10,15,20H,2-6,11-12H2,1H3,(H2,28,29)/t20-/m1/s1. The number of nitriles is 2. The van der Waals surface area contributed by atoms with Crippen molar-refractivity contribution in [2.45, 2.75) is 61.6 Å². The second-order valence-corrected chi connectivity index (χ2v) is 9.58. The Bertz CT molecular complexity index is 1200. The molecule has 2 aliphatic rings. The number of nitrogen functional groups attached to an aromatic ring is 1. The summed E-state index contributed by atoms with van der Waals surface area (Å²) in [5, 5.41) is 18.9. The van der Waals surface area contributed by atoms with Crippen LogP contribution in [0.4, 0.5) is 11.5 Å². The van der Waals surface area contributed by atoms with Gasteiger partial charge in [-0.1, -0.05) is 31.5 Å². The van der Waals surface area contributed by atoms with E-state index in [1.165, 1.54) is 4.90 Å². The van der Waals surface area contributed by atoms with Crippen LogP contribution in [0.5, 0.6) is 5.75 Å². The Hall–Kier alpha value is -3.56. The Labute approximate surface area is 202 Å². The van der Waals surface area contributed by atoms with Gasteiger partial charge < -0.3 is 10.5 Å². The van der Waals surface area contributed by atoms with Gasteiger partial charge in [-0.05, 0) is 55.0 Å². The zero-order valence-corrected chi connectivity index (χ0v) is 19.7. The summed E-state index contributed by atoms with van der Waals surface area (Å²) < 4.78 is 5.70. The third-order valence-electron chi connectivity index (χ3n) is 5.91. The number of carbonyl (C=O) groups is 2. The molecule has 9 heteroatoms. The molecule has 174 valence electrons. The van der Waals surface area contributed by atoms with E-state index in [-0.39, 0.29) is 41.1 Å². The lowest BCUT2D eigenvalue weighted by Crippen LogP contribution is -2.31. The number of carbonyl (C=O) groups excluding carboxylic acids is 2. The van der Waals surface area contributed by atoms with E-state index in [2.05, 4.69) is 24.0 Å². The smallest absolute Gasteiger partial charge is 0.247 e. The lowest BCUT2D eigenvalue weighted by atomic mass is 10.0. The van der Waals surface area contributed by atoms with Gasteiger partial charge in [0.25, 0.3) is 0 Å². The molecule has 2 heterocycles. The van der Waals surface area contributed by atoms with E-state index in [4.69, 9.17) is 10.5 Å². The van der Waals surface area contributed by atoms with E-state index < -0.39 is 5.25 Å². The number of ether oxygens (including phenoxy) is 1. The largest absolute Gasteiger partial charge is 0.494 e. The van der Waals surface area contributed by atoms with Crippen LogP contribution in [0.1, 0.15) is 68.1 Å². The first-order chi connectivity index (χ1) is 16.5. The van der Waals surface area contributed by atoms with Gasteiger partial charge in [0.1, 0.15) is 28.7 Å². The van der Waals surface area contributed by atoms with Crippen LogP contribution in [0.3, 0.4) is 0 Å². The number of aromatic nitrogens is 1. The SMILES string of the molecule is CCCCCOc1ccc(N2C(=O)C[C@@H](Sc3nc(N)c(C#N)c(C4CC4)c3C#N)C2=O)cc1. The summed E-state index contributed by atoms with van der Waals surface area (Å²) in [6, 6.07) is 11.1. The van der Waals surface area contributed by atoms with Crippen molar-refractivity contribution in [3.05, 3.63) is 41.0 Å². The molecule has 0 bridgehead atoms. The number of nitrogens with zero attached hydrogens (tertiary/aromatic N) is 4. The predicted octanol–water partition coefficient (Wildman–Crippen LogP) is 4.28. The molecule has 8 nitrogen and oxygen atoms in total. The second-order valence-electron chi connectivity index (χ2n) is 8.39. The van der Waals surface area contributed by atoms with Crippen molar-refractivity contribution in [2.75, 3.05) is 17.2 Å². The Morgan fingerprint density at radius 2 is 1.85 bits per heavy atom. The first kappa shape index (κ1) is 23.6. The molecule has 1 atom stereocenters. The molecule has 0 radical (unpaired) electrons. The molecule has 1 aromatic carbocycles. The predicted molar refractivity (Wildman–Crippen MR) is 128 cm³/mol. The Balaban J connectivity index is 1.52. The minimum atomic E-state index is -0.726. The van der Waals surface area contributed by atoms with E-state index in [9.17, 15) is 20.1 Å². The summed E-state index contributed by atoms with van der Waals surface area (Å²) in [4.78, 5) is 31.3.